The van der Waals surface area contributed by atoms with Crippen molar-refractivity contribution in [1.82, 2.24) is 4.90 Å². The molecule has 120 valence electrons. The largest absolute Gasteiger partial charge is 0.381 e. The Morgan fingerprint density at radius 3 is 2.45 bits per heavy atom. The lowest BCUT2D eigenvalue weighted by Gasteiger charge is -2.33. The number of benzene rings is 1. The van der Waals surface area contributed by atoms with Gasteiger partial charge >= 0.3 is 0 Å². The third-order valence-electron chi connectivity index (χ3n) is 4.68. The van der Waals surface area contributed by atoms with Crippen molar-refractivity contribution in [1.29, 1.82) is 0 Å². The number of carbonyl (C=O) groups is 1. The van der Waals surface area contributed by atoms with Gasteiger partial charge in [-0.3, -0.25) is 4.79 Å². The topological polar surface area (TPSA) is 38.8 Å². The molecule has 4 heteroatoms. The van der Waals surface area contributed by atoms with Crippen molar-refractivity contribution in [2.45, 2.75) is 31.7 Å². The van der Waals surface area contributed by atoms with E-state index in [2.05, 4.69) is 29.2 Å². The van der Waals surface area contributed by atoms with Crippen molar-refractivity contribution in [3.8, 4) is 0 Å². The third kappa shape index (κ3) is 3.87. The second-order valence-corrected chi connectivity index (χ2v) is 6.17. The van der Waals surface area contributed by atoms with E-state index in [0.29, 0.717) is 25.7 Å². The molecule has 22 heavy (non-hydrogen) atoms. The average Bonchev–Trinajstić information content (AvgIpc) is 3.11. The van der Waals surface area contributed by atoms with Gasteiger partial charge in [0.25, 0.3) is 0 Å². The molecule has 0 unspecified atom stereocenters. The number of nitrogens with zero attached hydrogens (tertiary/aromatic N) is 1. The van der Waals surface area contributed by atoms with Gasteiger partial charge in [0, 0.05) is 32.3 Å². The molecule has 0 radical (unpaired) electrons. The zero-order valence-corrected chi connectivity index (χ0v) is 13.1. The van der Waals surface area contributed by atoms with E-state index >= 15 is 0 Å². The molecule has 0 saturated carbocycles. The molecular formula is C18H25NO3. The molecule has 4 nitrogen and oxygen atoms in total. The van der Waals surface area contributed by atoms with E-state index in [0.717, 1.165) is 38.8 Å². The fourth-order valence-electron chi connectivity index (χ4n) is 3.31. The van der Waals surface area contributed by atoms with E-state index in [4.69, 9.17) is 9.47 Å². The van der Waals surface area contributed by atoms with Crippen LogP contribution in [0.2, 0.25) is 0 Å². The van der Waals surface area contributed by atoms with Gasteiger partial charge in [-0.1, -0.05) is 30.3 Å². The highest BCUT2D eigenvalue weighted by Crippen LogP contribution is 2.22. The van der Waals surface area contributed by atoms with Crippen LogP contribution in [0.5, 0.6) is 0 Å². The van der Waals surface area contributed by atoms with Crippen molar-refractivity contribution in [3.63, 3.8) is 0 Å². The first-order valence-corrected chi connectivity index (χ1v) is 8.34. The van der Waals surface area contributed by atoms with Crippen molar-refractivity contribution in [3.05, 3.63) is 35.9 Å². The zero-order valence-electron chi connectivity index (χ0n) is 13.1. The molecule has 3 rings (SSSR count). The van der Waals surface area contributed by atoms with Crippen LogP contribution in [-0.4, -0.2) is 49.8 Å². The standard InChI is InChI=1S/C18H25NO3/c20-18(16-7-11-21-12-8-16)19(17-9-13-22-14-17)10-6-15-4-2-1-3-5-15/h1-5,16-17H,6-14H2/t17-/m1/s1. The van der Waals surface area contributed by atoms with Gasteiger partial charge in [0.15, 0.2) is 0 Å². The minimum Gasteiger partial charge on any atom is -0.381 e. The highest BCUT2D eigenvalue weighted by Gasteiger charge is 2.32. The second kappa shape index (κ2) is 7.75. The SMILES string of the molecule is O=C(C1CCOCC1)N(CCc1ccccc1)[C@@H]1CCOC1. The number of rotatable bonds is 5. The molecular weight excluding hydrogens is 278 g/mol. The summed E-state index contributed by atoms with van der Waals surface area (Å²) >= 11 is 0. The molecule has 0 aromatic heterocycles. The van der Waals surface area contributed by atoms with Gasteiger partial charge < -0.3 is 14.4 Å². The van der Waals surface area contributed by atoms with E-state index in [-0.39, 0.29) is 12.0 Å². The van der Waals surface area contributed by atoms with Crippen molar-refractivity contribution in [2.75, 3.05) is 33.0 Å². The van der Waals surface area contributed by atoms with Gasteiger partial charge in [-0.25, -0.2) is 0 Å². The van der Waals surface area contributed by atoms with Crippen LogP contribution in [0.3, 0.4) is 0 Å². The molecule has 0 bridgehead atoms. The highest BCUT2D eigenvalue weighted by molar-refractivity contribution is 5.79. The second-order valence-electron chi connectivity index (χ2n) is 6.17. The van der Waals surface area contributed by atoms with Crippen molar-refractivity contribution in [2.24, 2.45) is 5.92 Å². The van der Waals surface area contributed by atoms with Gasteiger partial charge in [0.2, 0.25) is 5.91 Å². The predicted molar refractivity (Wildman–Crippen MR) is 84.6 cm³/mol. The van der Waals surface area contributed by atoms with Crippen LogP contribution in [0.15, 0.2) is 30.3 Å². The summed E-state index contributed by atoms with van der Waals surface area (Å²) in [5.41, 5.74) is 1.28. The van der Waals surface area contributed by atoms with Crippen LogP contribution < -0.4 is 0 Å². The Bertz CT molecular complexity index is 464. The van der Waals surface area contributed by atoms with Gasteiger partial charge in [0.1, 0.15) is 0 Å². The molecule has 2 fully saturated rings. The normalized spacial score (nSPS) is 22.6. The predicted octanol–water partition coefficient (Wildman–Crippen LogP) is 2.27. The van der Waals surface area contributed by atoms with Gasteiger partial charge in [-0.2, -0.15) is 0 Å². The lowest BCUT2D eigenvalue weighted by atomic mass is 9.97. The molecule has 2 saturated heterocycles. The Labute approximate surface area is 132 Å². The van der Waals surface area contributed by atoms with Crippen LogP contribution in [0.25, 0.3) is 0 Å². The Hall–Kier alpha value is -1.39. The fraction of sp³-hybridized carbons (Fsp3) is 0.611. The molecule has 0 aliphatic carbocycles. The summed E-state index contributed by atoms with van der Waals surface area (Å²) in [6.45, 7) is 3.67. The van der Waals surface area contributed by atoms with Crippen LogP contribution in [0.1, 0.15) is 24.8 Å². The summed E-state index contributed by atoms with van der Waals surface area (Å²) in [5.74, 6) is 0.430. The Morgan fingerprint density at radius 2 is 1.77 bits per heavy atom. The number of amides is 1. The van der Waals surface area contributed by atoms with Crippen LogP contribution in [0.4, 0.5) is 0 Å². The molecule has 1 amide bonds. The number of hydrogen-bond acceptors (Lipinski definition) is 3. The van der Waals surface area contributed by atoms with Crippen LogP contribution in [-0.2, 0) is 20.7 Å². The van der Waals surface area contributed by atoms with Crippen molar-refractivity contribution >= 4 is 5.91 Å². The molecule has 1 aromatic rings. The molecule has 2 aliphatic heterocycles. The van der Waals surface area contributed by atoms with Gasteiger partial charge in [-0.05, 0) is 31.2 Å². The Morgan fingerprint density at radius 1 is 1.05 bits per heavy atom. The Kier molecular flexibility index (Phi) is 5.46. The smallest absolute Gasteiger partial charge is 0.226 e. The quantitative estimate of drug-likeness (QED) is 0.837. The summed E-state index contributed by atoms with van der Waals surface area (Å²) < 4.78 is 10.9. The van der Waals surface area contributed by atoms with Crippen LogP contribution >= 0.6 is 0 Å². The summed E-state index contributed by atoms with van der Waals surface area (Å²) in [6.07, 6.45) is 3.58. The summed E-state index contributed by atoms with van der Waals surface area (Å²) in [6, 6.07) is 10.6. The molecule has 1 atom stereocenters. The summed E-state index contributed by atoms with van der Waals surface area (Å²) in [5, 5.41) is 0. The molecule has 1 aromatic carbocycles. The van der Waals surface area contributed by atoms with Crippen molar-refractivity contribution < 1.29 is 14.3 Å². The first-order valence-electron chi connectivity index (χ1n) is 8.34. The zero-order chi connectivity index (χ0) is 15.2. The average molecular weight is 303 g/mol. The van der Waals surface area contributed by atoms with E-state index in [9.17, 15) is 4.79 Å². The molecule has 2 heterocycles. The maximum absolute atomic E-state index is 12.9. The number of ether oxygens (including phenoxy) is 2. The fourth-order valence-corrected chi connectivity index (χ4v) is 3.31. The maximum atomic E-state index is 12.9. The summed E-state index contributed by atoms with van der Waals surface area (Å²) in [7, 11) is 0. The molecule has 0 N–H and O–H groups in total. The first kappa shape index (κ1) is 15.5. The van der Waals surface area contributed by atoms with E-state index in [1.54, 1.807) is 0 Å². The lowest BCUT2D eigenvalue weighted by molar-refractivity contribution is -0.141. The van der Waals surface area contributed by atoms with Gasteiger partial charge in [0.05, 0.1) is 12.6 Å². The van der Waals surface area contributed by atoms with E-state index in [1.807, 2.05) is 6.07 Å². The summed E-state index contributed by atoms with van der Waals surface area (Å²) in [4.78, 5) is 15.0. The monoisotopic (exact) mass is 303 g/mol. The minimum atomic E-state index is 0.130. The third-order valence-corrected chi connectivity index (χ3v) is 4.68. The maximum Gasteiger partial charge on any atom is 0.226 e. The van der Waals surface area contributed by atoms with E-state index in [1.165, 1.54) is 5.56 Å². The van der Waals surface area contributed by atoms with E-state index < -0.39 is 0 Å². The number of hydrogen-bond donors (Lipinski definition) is 0. The molecule has 2 aliphatic rings. The Balaban J connectivity index is 1.64. The first-order chi connectivity index (χ1) is 10.8. The number of carbonyl (C=O) groups excluding carboxylic acids is 1. The van der Waals surface area contributed by atoms with Crippen LogP contribution in [0, 0.1) is 5.92 Å². The highest BCUT2D eigenvalue weighted by atomic mass is 16.5. The van der Waals surface area contributed by atoms with Gasteiger partial charge in [-0.15, -0.1) is 0 Å². The lowest BCUT2D eigenvalue weighted by Crippen LogP contribution is -2.46. The minimum absolute atomic E-state index is 0.130. The molecule has 0 spiro atoms.